The number of fused-ring (bicyclic) bond motifs is 1. The molecular formula is C16H14ClFN4O. The summed E-state index contributed by atoms with van der Waals surface area (Å²) in [6, 6.07) is 6.64. The number of hydrogen-bond donors (Lipinski definition) is 0. The highest BCUT2D eigenvalue weighted by Crippen LogP contribution is 2.33. The van der Waals surface area contributed by atoms with Crippen molar-refractivity contribution in [2.24, 2.45) is 0 Å². The van der Waals surface area contributed by atoms with Crippen LogP contribution in [0.4, 0.5) is 4.39 Å². The van der Waals surface area contributed by atoms with Crippen LogP contribution in [-0.4, -0.2) is 26.4 Å². The van der Waals surface area contributed by atoms with E-state index in [4.69, 9.17) is 16.3 Å². The Morgan fingerprint density at radius 2 is 2.17 bits per heavy atom. The Hall–Kier alpha value is -2.05. The van der Waals surface area contributed by atoms with Crippen molar-refractivity contribution in [3.05, 3.63) is 41.6 Å². The van der Waals surface area contributed by atoms with E-state index in [1.165, 1.54) is 6.07 Å². The molecular weight excluding hydrogens is 319 g/mol. The summed E-state index contributed by atoms with van der Waals surface area (Å²) in [7, 11) is 0. The minimum Gasteiger partial charge on any atom is -0.356 e. The zero-order valence-corrected chi connectivity index (χ0v) is 13.0. The normalized spacial score (nSPS) is 18.4. The third-order valence-electron chi connectivity index (χ3n) is 3.98. The van der Waals surface area contributed by atoms with Crippen molar-refractivity contribution < 1.29 is 9.13 Å². The zero-order chi connectivity index (χ0) is 15.8. The summed E-state index contributed by atoms with van der Waals surface area (Å²) in [5, 5.41) is 5.41. The summed E-state index contributed by atoms with van der Waals surface area (Å²) >= 11 is 5.88. The number of nitrogens with zero attached hydrogens (tertiary/aromatic N) is 4. The first-order chi connectivity index (χ1) is 11.2. The molecule has 3 aromatic rings. The van der Waals surface area contributed by atoms with Crippen LogP contribution in [0, 0.1) is 5.82 Å². The standard InChI is InChI=1S/C16H14ClFN4O/c17-16-19-8-7-12(20-16)14-10-4-3-5-11(18)15(10)22(21-14)13-6-1-2-9-23-13/h3-5,7-8,13H,1-2,6,9H2. The molecule has 1 aromatic carbocycles. The van der Waals surface area contributed by atoms with Crippen molar-refractivity contribution in [2.75, 3.05) is 6.61 Å². The van der Waals surface area contributed by atoms with Crippen molar-refractivity contribution in [3.8, 4) is 11.4 Å². The summed E-state index contributed by atoms with van der Waals surface area (Å²) in [5.41, 5.74) is 1.58. The van der Waals surface area contributed by atoms with E-state index in [9.17, 15) is 4.39 Å². The topological polar surface area (TPSA) is 52.8 Å². The van der Waals surface area contributed by atoms with Gasteiger partial charge >= 0.3 is 0 Å². The zero-order valence-electron chi connectivity index (χ0n) is 12.2. The Bertz CT molecular complexity index is 860. The Morgan fingerprint density at radius 3 is 2.96 bits per heavy atom. The van der Waals surface area contributed by atoms with Crippen LogP contribution in [0.25, 0.3) is 22.3 Å². The monoisotopic (exact) mass is 332 g/mol. The molecule has 1 aliphatic heterocycles. The molecule has 0 N–H and O–H groups in total. The van der Waals surface area contributed by atoms with Crippen LogP contribution in [0.2, 0.25) is 5.28 Å². The van der Waals surface area contributed by atoms with E-state index >= 15 is 0 Å². The average molecular weight is 333 g/mol. The van der Waals surface area contributed by atoms with Gasteiger partial charge in [0.05, 0.1) is 5.69 Å². The second kappa shape index (κ2) is 5.86. The molecule has 7 heteroatoms. The summed E-state index contributed by atoms with van der Waals surface area (Å²) in [6.07, 6.45) is 4.18. The molecule has 3 heterocycles. The lowest BCUT2D eigenvalue weighted by molar-refractivity contribution is -0.0368. The maximum absolute atomic E-state index is 14.4. The Kier molecular flexibility index (Phi) is 3.71. The van der Waals surface area contributed by atoms with E-state index in [0.717, 1.165) is 19.3 Å². The van der Waals surface area contributed by atoms with Crippen LogP contribution in [0.1, 0.15) is 25.5 Å². The van der Waals surface area contributed by atoms with Crippen LogP contribution >= 0.6 is 11.6 Å². The second-order valence-electron chi connectivity index (χ2n) is 5.46. The first-order valence-corrected chi connectivity index (χ1v) is 7.89. The van der Waals surface area contributed by atoms with E-state index in [0.29, 0.717) is 28.9 Å². The molecule has 0 aliphatic carbocycles. The molecule has 2 aromatic heterocycles. The van der Waals surface area contributed by atoms with Gasteiger partial charge in [-0.3, -0.25) is 0 Å². The smallest absolute Gasteiger partial charge is 0.222 e. The van der Waals surface area contributed by atoms with Gasteiger partial charge in [0.25, 0.3) is 0 Å². The maximum atomic E-state index is 14.4. The van der Waals surface area contributed by atoms with Gasteiger partial charge in [0.2, 0.25) is 5.28 Å². The molecule has 0 amide bonds. The van der Waals surface area contributed by atoms with E-state index < -0.39 is 0 Å². The predicted octanol–water partition coefficient (Wildman–Crippen LogP) is 3.98. The van der Waals surface area contributed by atoms with Crippen molar-refractivity contribution in [1.29, 1.82) is 0 Å². The SMILES string of the molecule is Fc1cccc2c(-c3ccnc(Cl)n3)nn(C3CCCCO3)c12. The number of ether oxygens (including phenoxy) is 1. The van der Waals surface area contributed by atoms with Crippen LogP contribution in [-0.2, 0) is 4.74 Å². The van der Waals surface area contributed by atoms with Gasteiger partial charge in [-0.05, 0) is 43.0 Å². The average Bonchev–Trinajstić information content (AvgIpc) is 2.97. The van der Waals surface area contributed by atoms with E-state index in [2.05, 4.69) is 15.1 Å². The number of rotatable bonds is 2. The molecule has 0 saturated carbocycles. The van der Waals surface area contributed by atoms with E-state index in [1.54, 1.807) is 23.0 Å². The van der Waals surface area contributed by atoms with Crippen molar-refractivity contribution in [3.63, 3.8) is 0 Å². The van der Waals surface area contributed by atoms with Crippen LogP contribution in [0.15, 0.2) is 30.5 Å². The molecule has 118 valence electrons. The van der Waals surface area contributed by atoms with Crippen molar-refractivity contribution in [1.82, 2.24) is 19.7 Å². The first-order valence-electron chi connectivity index (χ1n) is 7.51. The number of para-hydroxylation sites is 1. The summed E-state index contributed by atoms with van der Waals surface area (Å²) in [5.74, 6) is -0.324. The maximum Gasteiger partial charge on any atom is 0.222 e. The summed E-state index contributed by atoms with van der Waals surface area (Å²) in [4.78, 5) is 8.08. The van der Waals surface area contributed by atoms with Crippen LogP contribution in [0.3, 0.4) is 0 Å². The van der Waals surface area contributed by atoms with E-state index in [1.807, 2.05) is 6.07 Å². The number of halogens is 2. The Balaban J connectivity index is 1.93. The van der Waals surface area contributed by atoms with Crippen LogP contribution < -0.4 is 0 Å². The number of hydrogen-bond acceptors (Lipinski definition) is 4. The van der Waals surface area contributed by atoms with Gasteiger partial charge in [-0.25, -0.2) is 19.0 Å². The Morgan fingerprint density at radius 1 is 1.26 bits per heavy atom. The molecule has 23 heavy (non-hydrogen) atoms. The first kappa shape index (κ1) is 14.5. The number of benzene rings is 1. The molecule has 5 nitrogen and oxygen atoms in total. The highest BCUT2D eigenvalue weighted by Gasteiger charge is 2.24. The van der Waals surface area contributed by atoms with E-state index in [-0.39, 0.29) is 17.3 Å². The lowest BCUT2D eigenvalue weighted by Gasteiger charge is -2.23. The fourth-order valence-electron chi connectivity index (χ4n) is 2.93. The third-order valence-corrected chi connectivity index (χ3v) is 4.16. The fraction of sp³-hybridized carbons (Fsp3) is 0.312. The molecule has 1 fully saturated rings. The molecule has 4 rings (SSSR count). The molecule has 1 atom stereocenters. The van der Waals surface area contributed by atoms with Crippen molar-refractivity contribution in [2.45, 2.75) is 25.5 Å². The predicted molar refractivity (Wildman–Crippen MR) is 84.6 cm³/mol. The fourth-order valence-corrected chi connectivity index (χ4v) is 3.08. The lowest BCUT2D eigenvalue weighted by Crippen LogP contribution is -2.19. The quantitative estimate of drug-likeness (QED) is 0.666. The summed E-state index contributed by atoms with van der Waals surface area (Å²) in [6.45, 7) is 0.662. The largest absolute Gasteiger partial charge is 0.356 e. The van der Waals surface area contributed by atoms with Crippen LogP contribution in [0.5, 0.6) is 0 Å². The van der Waals surface area contributed by atoms with Gasteiger partial charge in [0, 0.05) is 18.2 Å². The molecule has 1 aliphatic rings. The lowest BCUT2D eigenvalue weighted by atomic mass is 10.1. The van der Waals surface area contributed by atoms with Gasteiger partial charge in [0.1, 0.15) is 17.0 Å². The molecule has 0 bridgehead atoms. The Labute approximate surface area is 137 Å². The van der Waals surface area contributed by atoms with Gasteiger partial charge < -0.3 is 4.74 Å². The molecule has 0 radical (unpaired) electrons. The summed E-state index contributed by atoms with van der Waals surface area (Å²) < 4.78 is 21.8. The van der Waals surface area contributed by atoms with Gasteiger partial charge in [0.15, 0.2) is 6.23 Å². The second-order valence-corrected chi connectivity index (χ2v) is 5.80. The highest BCUT2D eigenvalue weighted by molar-refractivity contribution is 6.28. The van der Waals surface area contributed by atoms with Gasteiger partial charge in [-0.1, -0.05) is 12.1 Å². The molecule has 0 spiro atoms. The third kappa shape index (κ3) is 2.58. The van der Waals surface area contributed by atoms with Crippen molar-refractivity contribution >= 4 is 22.5 Å². The minimum absolute atomic E-state index is 0.135. The highest BCUT2D eigenvalue weighted by atomic mass is 35.5. The van der Waals surface area contributed by atoms with Gasteiger partial charge in [-0.15, -0.1) is 0 Å². The minimum atomic E-state index is -0.324. The number of aromatic nitrogens is 4. The van der Waals surface area contributed by atoms with Gasteiger partial charge in [-0.2, -0.15) is 5.10 Å². The molecule has 1 unspecified atom stereocenters. The molecule has 1 saturated heterocycles.